The summed E-state index contributed by atoms with van der Waals surface area (Å²) in [5.41, 5.74) is 3.82. The van der Waals surface area contributed by atoms with Gasteiger partial charge in [0.1, 0.15) is 5.69 Å². The average Bonchev–Trinajstić information content (AvgIpc) is 3.20. The Balaban J connectivity index is 1.84. The van der Waals surface area contributed by atoms with Crippen LogP contribution in [0.5, 0.6) is 0 Å². The van der Waals surface area contributed by atoms with Crippen molar-refractivity contribution >= 4 is 11.0 Å². The van der Waals surface area contributed by atoms with Gasteiger partial charge in [0.15, 0.2) is 5.82 Å². The molecule has 0 N–H and O–H groups in total. The topological polar surface area (TPSA) is 48.5 Å². The van der Waals surface area contributed by atoms with Crippen molar-refractivity contribution in [2.45, 2.75) is 13.5 Å². The van der Waals surface area contributed by atoms with Gasteiger partial charge in [0.05, 0.1) is 22.9 Å². The average molecular weight is 289 g/mol. The number of hydrogen-bond donors (Lipinski definition) is 0. The van der Waals surface area contributed by atoms with Crippen LogP contribution in [0.4, 0.5) is 0 Å². The molecule has 0 aliphatic rings. The highest BCUT2D eigenvalue weighted by Gasteiger charge is 2.14. The van der Waals surface area contributed by atoms with Crippen LogP contribution in [0.15, 0.2) is 60.8 Å². The molecule has 5 nitrogen and oxygen atoms in total. The summed E-state index contributed by atoms with van der Waals surface area (Å²) in [5.74, 6) is 0.853. The van der Waals surface area contributed by atoms with Crippen molar-refractivity contribution < 1.29 is 0 Å². The van der Waals surface area contributed by atoms with Gasteiger partial charge in [-0.05, 0) is 31.2 Å². The zero-order valence-electron chi connectivity index (χ0n) is 12.2. The van der Waals surface area contributed by atoms with E-state index in [0.717, 1.165) is 34.8 Å². The highest BCUT2D eigenvalue weighted by molar-refractivity contribution is 5.79. The summed E-state index contributed by atoms with van der Waals surface area (Å²) >= 11 is 0. The molecule has 4 rings (SSSR count). The Hall–Kier alpha value is -2.95. The second-order valence-electron chi connectivity index (χ2n) is 5.02. The van der Waals surface area contributed by atoms with E-state index in [9.17, 15) is 0 Å². The van der Waals surface area contributed by atoms with Gasteiger partial charge in [0.25, 0.3) is 0 Å². The summed E-state index contributed by atoms with van der Waals surface area (Å²) in [6, 6.07) is 18.0. The minimum atomic E-state index is 0.780. The molecule has 0 spiro atoms. The second-order valence-corrected chi connectivity index (χ2v) is 5.02. The molecule has 0 aliphatic heterocycles. The van der Waals surface area contributed by atoms with E-state index in [4.69, 9.17) is 4.98 Å². The van der Waals surface area contributed by atoms with Crippen molar-refractivity contribution in [1.82, 2.24) is 24.5 Å². The smallest absolute Gasteiger partial charge is 0.163 e. The number of benzene rings is 2. The van der Waals surface area contributed by atoms with E-state index in [-0.39, 0.29) is 0 Å². The van der Waals surface area contributed by atoms with Crippen LogP contribution in [0.1, 0.15) is 6.92 Å². The molecule has 22 heavy (non-hydrogen) atoms. The molecular formula is C17H15N5. The van der Waals surface area contributed by atoms with Crippen LogP contribution in [-0.4, -0.2) is 24.5 Å². The molecule has 2 aromatic carbocycles. The Morgan fingerprint density at radius 3 is 2.55 bits per heavy atom. The molecule has 0 fully saturated rings. The third-order valence-electron chi connectivity index (χ3n) is 3.68. The minimum absolute atomic E-state index is 0.780. The van der Waals surface area contributed by atoms with Crippen molar-refractivity contribution in [3.63, 3.8) is 0 Å². The first kappa shape index (κ1) is 12.8. The largest absolute Gasteiger partial charge is 0.323 e. The first-order valence-corrected chi connectivity index (χ1v) is 7.30. The zero-order valence-corrected chi connectivity index (χ0v) is 12.2. The highest BCUT2D eigenvalue weighted by Crippen LogP contribution is 2.23. The fourth-order valence-electron chi connectivity index (χ4n) is 2.64. The lowest BCUT2D eigenvalue weighted by Gasteiger charge is -2.03. The number of hydrogen-bond acceptors (Lipinski definition) is 3. The van der Waals surface area contributed by atoms with Gasteiger partial charge in [-0.1, -0.05) is 30.3 Å². The van der Waals surface area contributed by atoms with Gasteiger partial charge in [-0.25, -0.2) is 4.98 Å². The van der Waals surface area contributed by atoms with Gasteiger partial charge >= 0.3 is 0 Å². The highest BCUT2D eigenvalue weighted by atomic mass is 15.5. The first-order chi connectivity index (χ1) is 10.9. The SMILES string of the molecule is CCn1c(-c2cnn(-c3ccccc3)n2)nc2ccccc21. The predicted molar refractivity (Wildman–Crippen MR) is 85.8 cm³/mol. The minimum Gasteiger partial charge on any atom is -0.323 e. The lowest BCUT2D eigenvalue weighted by atomic mass is 10.3. The molecule has 2 aromatic heterocycles. The second kappa shape index (κ2) is 5.11. The van der Waals surface area contributed by atoms with Gasteiger partial charge in [-0.15, -0.1) is 5.10 Å². The van der Waals surface area contributed by atoms with E-state index in [0.29, 0.717) is 0 Å². The molecule has 4 aromatic rings. The molecule has 0 bridgehead atoms. The van der Waals surface area contributed by atoms with Crippen molar-refractivity contribution in [2.24, 2.45) is 0 Å². The van der Waals surface area contributed by atoms with Crippen molar-refractivity contribution in [2.75, 3.05) is 0 Å². The monoisotopic (exact) mass is 289 g/mol. The Kier molecular flexibility index (Phi) is 2.96. The number of para-hydroxylation sites is 3. The maximum atomic E-state index is 4.71. The third-order valence-corrected chi connectivity index (χ3v) is 3.68. The molecule has 5 heteroatoms. The summed E-state index contributed by atoms with van der Waals surface area (Å²) in [4.78, 5) is 6.34. The first-order valence-electron chi connectivity index (χ1n) is 7.30. The molecule has 0 unspecified atom stereocenters. The number of aromatic nitrogens is 5. The van der Waals surface area contributed by atoms with Crippen molar-refractivity contribution in [3.8, 4) is 17.2 Å². The zero-order chi connectivity index (χ0) is 14.9. The number of aryl methyl sites for hydroxylation is 1. The molecule has 0 amide bonds. The van der Waals surface area contributed by atoms with Crippen molar-refractivity contribution in [1.29, 1.82) is 0 Å². The Morgan fingerprint density at radius 2 is 1.73 bits per heavy atom. The number of imidazole rings is 1. The quantitative estimate of drug-likeness (QED) is 0.581. The van der Waals surface area contributed by atoms with Gasteiger partial charge in [-0.2, -0.15) is 9.90 Å². The third kappa shape index (κ3) is 1.98. The van der Waals surface area contributed by atoms with Crippen LogP contribution in [0.3, 0.4) is 0 Å². The van der Waals surface area contributed by atoms with E-state index >= 15 is 0 Å². The lowest BCUT2D eigenvalue weighted by Crippen LogP contribution is -2.00. The van der Waals surface area contributed by atoms with Crippen molar-refractivity contribution in [3.05, 3.63) is 60.8 Å². The van der Waals surface area contributed by atoms with Crippen LogP contribution in [0.2, 0.25) is 0 Å². The maximum Gasteiger partial charge on any atom is 0.163 e. The van der Waals surface area contributed by atoms with Gasteiger partial charge in [-0.3, -0.25) is 0 Å². The van der Waals surface area contributed by atoms with Gasteiger partial charge in [0, 0.05) is 6.54 Å². The molecular weight excluding hydrogens is 274 g/mol. The fourth-order valence-corrected chi connectivity index (χ4v) is 2.64. The van der Waals surface area contributed by atoms with Gasteiger partial charge in [0.2, 0.25) is 0 Å². The summed E-state index contributed by atoms with van der Waals surface area (Å²) in [5, 5.41) is 8.94. The Morgan fingerprint density at radius 1 is 0.955 bits per heavy atom. The van der Waals surface area contributed by atoms with Gasteiger partial charge < -0.3 is 4.57 Å². The van der Waals surface area contributed by atoms with E-state index in [1.165, 1.54) is 0 Å². The Labute approximate surface area is 127 Å². The molecule has 0 aliphatic carbocycles. The normalized spacial score (nSPS) is 11.1. The van der Waals surface area contributed by atoms with E-state index in [1.54, 1.807) is 11.0 Å². The van der Waals surface area contributed by atoms with Crippen LogP contribution in [0.25, 0.3) is 28.2 Å². The summed E-state index contributed by atoms with van der Waals surface area (Å²) in [6.07, 6.45) is 1.76. The lowest BCUT2D eigenvalue weighted by molar-refractivity contribution is 0.746. The molecule has 0 saturated carbocycles. The number of fused-ring (bicyclic) bond motifs is 1. The maximum absolute atomic E-state index is 4.71. The molecule has 108 valence electrons. The van der Waals surface area contributed by atoms with Crippen LogP contribution in [0, 0.1) is 0 Å². The van der Waals surface area contributed by atoms with Crippen LogP contribution >= 0.6 is 0 Å². The Bertz CT molecular complexity index is 921. The van der Waals surface area contributed by atoms with E-state index in [1.807, 2.05) is 48.5 Å². The summed E-state index contributed by atoms with van der Waals surface area (Å²) < 4.78 is 2.16. The molecule has 0 radical (unpaired) electrons. The standard InChI is InChI=1S/C17H15N5/c1-2-21-16-11-7-6-10-14(16)19-17(21)15-12-18-22(20-15)13-8-4-3-5-9-13/h3-12H,2H2,1H3. The number of nitrogens with zero attached hydrogens (tertiary/aromatic N) is 5. The predicted octanol–water partition coefficient (Wildman–Crippen LogP) is 3.30. The van der Waals surface area contributed by atoms with Crippen LogP contribution in [-0.2, 0) is 6.54 Å². The van der Waals surface area contributed by atoms with E-state index in [2.05, 4.69) is 27.8 Å². The fraction of sp³-hybridized carbons (Fsp3) is 0.118. The number of rotatable bonds is 3. The summed E-state index contributed by atoms with van der Waals surface area (Å²) in [7, 11) is 0. The van der Waals surface area contributed by atoms with Crippen LogP contribution < -0.4 is 0 Å². The van der Waals surface area contributed by atoms with E-state index < -0.39 is 0 Å². The molecule has 2 heterocycles. The summed E-state index contributed by atoms with van der Waals surface area (Å²) in [6.45, 7) is 2.95. The molecule has 0 atom stereocenters. The molecule has 0 saturated heterocycles.